The third-order valence-electron chi connectivity index (χ3n) is 4.02. The third-order valence-corrected chi connectivity index (χ3v) is 5.23. The van der Waals surface area contributed by atoms with Crippen LogP contribution < -0.4 is 14.8 Å². The Labute approximate surface area is 167 Å². The third kappa shape index (κ3) is 5.25. The van der Waals surface area contributed by atoms with Crippen molar-refractivity contribution in [3.63, 3.8) is 0 Å². The number of methoxy groups -OCH3 is 1. The Morgan fingerprint density at radius 3 is 2.70 bits per heavy atom. The van der Waals surface area contributed by atoms with Gasteiger partial charge in [-0.05, 0) is 54.3 Å². The number of carbonyl (C=O) groups excluding carboxylic acids is 1. The maximum absolute atomic E-state index is 12.5. The maximum Gasteiger partial charge on any atom is 0.261 e. The summed E-state index contributed by atoms with van der Waals surface area (Å²) in [6, 6.07) is 16.6. The average molecular weight is 402 g/mol. The molecule has 1 aromatic heterocycles. The Balaban J connectivity index is 1.59. The molecule has 0 aliphatic heterocycles. The maximum atomic E-state index is 12.5. The fourth-order valence-electron chi connectivity index (χ4n) is 2.56. The van der Waals surface area contributed by atoms with Gasteiger partial charge in [-0.15, -0.1) is 11.3 Å². The van der Waals surface area contributed by atoms with Crippen LogP contribution in [0.4, 0.5) is 0 Å². The molecule has 1 unspecified atom stereocenters. The van der Waals surface area contributed by atoms with E-state index >= 15 is 0 Å². The SMILES string of the molecule is COc1cccc(C(C)NC(=O)c2cc(COc3cccc(Cl)c3)cs2)c1. The number of halogens is 1. The number of amides is 1. The Morgan fingerprint density at radius 1 is 1.15 bits per heavy atom. The molecule has 0 bridgehead atoms. The highest BCUT2D eigenvalue weighted by Crippen LogP contribution is 2.22. The molecule has 140 valence electrons. The predicted molar refractivity (Wildman–Crippen MR) is 109 cm³/mol. The summed E-state index contributed by atoms with van der Waals surface area (Å²) in [4.78, 5) is 13.2. The van der Waals surface area contributed by atoms with Crippen LogP contribution in [0.1, 0.15) is 33.8 Å². The summed E-state index contributed by atoms with van der Waals surface area (Å²) in [6.07, 6.45) is 0. The molecule has 0 radical (unpaired) electrons. The summed E-state index contributed by atoms with van der Waals surface area (Å²) in [5.41, 5.74) is 1.93. The molecule has 0 fully saturated rings. The zero-order chi connectivity index (χ0) is 19.2. The first-order valence-electron chi connectivity index (χ1n) is 8.46. The van der Waals surface area contributed by atoms with Gasteiger partial charge in [-0.3, -0.25) is 4.79 Å². The number of rotatable bonds is 7. The molecule has 2 aromatic carbocycles. The molecule has 6 heteroatoms. The van der Waals surface area contributed by atoms with E-state index in [1.165, 1.54) is 11.3 Å². The number of benzene rings is 2. The minimum absolute atomic E-state index is 0.107. The van der Waals surface area contributed by atoms with E-state index < -0.39 is 0 Å². The van der Waals surface area contributed by atoms with Crippen LogP contribution >= 0.6 is 22.9 Å². The van der Waals surface area contributed by atoms with Gasteiger partial charge in [-0.25, -0.2) is 0 Å². The van der Waals surface area contributed by atoms with Crippen molar-refractivity contribution in [1.29, 1.82) is 0 Å². The number of carbonyl (C=O) groups is 1. The molecule has 0 spiro atoms. The molecule has 27 heavy (non-hydrogen) atoms. The van der Waals surface area contributed by atoms with Gasteiger partial charge in [-0.2, -0.15) is 0 Å². The normalized spacial score (nSPS) is 11.7. The molecular formula is C21H20ClNO3S. The summed E-state index contributed by atoms with van der Waals surface area (Å²) >= 11 is 7.35. The minimum Gasteiger partial charge on any atom is -0.497 e. The number of ether oxygens (including phenoxy) is 2. The van der Waals surface area contributed by atoms with Crippen LogP contribution in [0.5, 0.6) is 11.5 Å². The average Bonchev–Trinajstić information content (AvgIpc) is 3.16. The number of hydrogen-bond donors (Lipinski definition) is 1. The van der Waals surface area contributed by atoms with E-state index in [0.717, 1.165) is 16.9 Å². The standard InChI is InChI=1S/C21H20ClNO3S/c1-14(16-5-3-7-18(10-16)25-2)23-21(24)20-9-15(13-27-20)12-26-19-8-4-6-17(22)11-19/h3-11,13-14H,12H2,1-2H3,(H,23,24). The van der Waals surface area contributed by atoms with Crippen LogP contribution in [0, 0.1) is 0 Å². The van der Waals surface area contributed by atoms with E-state index in [2.05, 4.69) is 5.32 Å². The van der Waals surface area contributed by atoms with Crippen LogP contribution in [-0.2, 0) is 6.61 Å². The lowest BCUT2D eigenvalue weighted by molar-refractivity contribution is 0.0944. The van der Waals surface area contributed by atoms with Gasteiger partial charge >= 0.3 is 0 Å². The van der Waals surface area contributed by atoms with Gasteiger partial charge in [0, 0.05) is 10.6 Å². The summed E-state index contributed by atoms with van der Waals surface area (Å²) in [6.45, 7) is 2.33. The van der Waals surface area contributed by atoms with Gasteiger partial charge < -0.3 is 14.8 Å². The highest BCUT2D eigenvalue weighted by molar-refractivity contribution is 7.12. The molecule has 1 heterocycles. The first kappa shape index (κ1) is 19.3. The van der Waals surface area contributed by atoms with Crippen molar-refractivity contribution in [3.8, 4) is 11.5 Å². The molecule has 0 saturated heterocycles. The van der Waals surface area contributed by atoms with E-state index in [4.69, 9.17) is 21.1 Å². The molecule has 0 aliphatic rings. The van der Waals surface area contributed by atoms with E-state index in [1.54, 1.807) is 19.2 Å². The van der Waals surface area contributed by atoms with E-state index in [1.807, 2.05) is 54.8 Å². The Bertz CT molecular complexity index is 925. The molecule has 4 nitrogen and oxygen atoms in total. The van der Waals surface area contributed by atoms with E-state index in [9.17, 15) is 4.79 Å². The van der Waals surface area contributed by atoms with Crippen LogP contribution in [-0.4, -0.2) is 13.0 Å². The van der Waals surface area contributed by atoms with Gasteiger partial charge in [0.2, 0.25) is 0 Å². The molecule has 3 rings (SSSR count). The summed E-state index contributed by atoms with van der Waals surface area (Å²) in [5.74, 6) is 1.36. The highest BCUT2D eigenvalue weighted by Gasteiger charge is 2.14. The van der Waals surface area contributed by atoms with Crippen LogP contribution in [0.15, 0.2) is 60.0 Å². The first-order valence-corrected chi connectivity index (χ1v) is 9.71. The van der Waals surface area contributed by atoms with Gasteiger partial charge in [0.25, 0.3) is 5.91 Å². The van der Waals surface area contributed by atoms with Crippen LogP contribution in [0.2, 0.25) is 5.02 Å². The number of hydrogen-bond acceptors (Lipinski definition) is 4. The lowest BCUT2D eigenvalue weighted by Crippen LogP contribution is -2.25. The Hall–Kier alpha value is -2.50. The lowest BCUT2D eigenvalue weighted by atomic mass is 10.1. The molecule has 1 amide bonds. The Kier molecular flexibility index (Phi) is 6.37. The molecular weight excluding hydrogens is 382 g/mol. The second-order valence-electron chi connectivity index (χ2n) is 6.04. The van der Waals surface area contributed by atoms with Crippen molar-refractivity contribution in [2.45, 2.75) is 19.6 Å². The van der Waals surface area contributed by atoms with E-state index in [0.29, 0.717) is 22.3 Å². The highest BCUT2D eigenvalue weighted by atomic mass is 35.5. The second-order valence-corrected chi connectivity index (χ2v) is 7.38. The van der Waals surface area contributed by atoms with Crippen LogP contribution in [0.25, 0.3) is 0 Å². The van der Waals surface area contributed by atoms with Gasteiger partial charge in [0.15, 0.2) is 0 Å². The van der Waals surface area contributed by atoms with E-state index in [-0.39, 0.29) is 11.9 Å². The lowest BCUT2D eigenvalue weighted by Gasteiger charge is -2.14. The quantitative estimate of drug-likeness (QED) is 0.570. The van der Waals surface area contributed by atoms with Gasteiger partial charge in [0.1, 0.15) is 18.1 Å². The molecule has 1 atom stereocenters. The number of nitrogens with one attached hydrogen (secondary N) is 1. The zero-order valence-corrected chi connectivity index (χ0v) is 16.6. The fourth-order valence-corrected chi connectivity index (χ4v) is 3.54. The number of thiophene rings is 1. The topological polar surface area (TPSA) is 47.6 Å². The molecule has 3 aromatic rings. The zero-order valence-electron chi connectivity index (χ0n) is 15.1. The molecule has 0 saturated carbocycles. The van der Waals surface area contributed by atoms with Crippen molar-refractivity contribution in [3.05, 3.63) is 81.0 Å². The van der Waals surface area contributed by atoms with Gasteiger partial charge in [-0.1, -0.05) is 29.8 Å². The van der Waals surface area contributed by atoms with Crippen molar-refractivity contribution in [2.24, 2.45) is 0 Å². The minimum atomic E-state index is -0.124. The first-order chi connectivity index (χ1) is 13.0. The summed E-state index contributed by atoms with van der Waals surface area (Å²) in [7, 11) is 1.63. The Morgan fingerprint density at radius 2 is 1.93 bits per heavy atom. The molecule has 0 aliphatic carbocycles. The largest absolute Gasteiger partial charge is 0.497 e. The van der Waals surface area contributed by atoms with Crippen molar-refractivity contribution in [2.75, 3.05) is 7.11 Å². The predicted octanol–water partition coefficient (Wildman–Crippen LogP) is 5.48. The van der Waals surface area contributed by atoms with Crippen LogP contribution in [0.3, 0.4) is 0 Å². The van der Waals surface area contributed by atoms with Crippen molar-refractivity contribution in [1.82, 2.24) is 5.32 Å². The monoisotopic (exact) mass is 401 g/mol. The fraction of sp³-hybridized carbons (Fsp3) is 0.190. The van der Waals surface area contributed by atoms with Gasteiger partial charge in [0.05, 0.1) is 18.0 Å². The molecule has 1 N–H and O–H groups in total. The summed E-state index contributed by atoms with van der Waals surface area (Å²) < 4.78 is 11.0. The van der Waals surface area contributed by atoms with Crippen molar-refractivity contribution < 1.29 is 14.3 Å². The smallest absolute Gasteiger partial charge is 0.261 e. The second kappa shape index (κ2) is 8.93. The van der Waals surface area contributed by atoms with Crippen molar-refractivity contribution >= 4 is 28.8 Å². The summed E-state index contributed by atoms with van der Waals surface area (Å²) in [5, 5.41) is 5.57.